The Labute approximate surface area is 113 Å². The van der Waals surface area contributed by atoms with Gasteiger partial charge in [0.25, 0.3) is 5.91 Å². The molecule has 1 saturated carbocycles. The molecule has 1 aliphatic rings. The number of nitrogens with one attached hydrogen (secondary N) is 1. The van der Waals surface area contributed by atoms with E-state index in [2.05, 4.69) is 5.32 Å². The van der Waals surface area contributed by atoms with E-state index < -0.39 is 0 Å². The molecule has 0 heterocycles. The van der Waals surface area contributed by atoms with Crippen LogP contribution in [0.3, 0.4) is 0 Å². The van der Waals surface area contributed by atoms with Gasteiger partial charge >= 0.3 is 0 Å². The average molecular weight is 267 g/mol. The first-order valence-electron chi connectivity index (χ1n) is 6.40. The van der Waals surface area contributed by atoms with Crippen LogP contribution in [-0.4, -0.2) is 18.0 Å². The number of rotatable bonds is 2. The molecule has 18 heavy (non-hydrogen) atoms. The van der Waals surface area contributed by atoms with Gasteiger partial charge in [0, 0.05) is 22.7 Å². The molecule has 1 aromatic rings. The zero-order valence-electron chi connectivity index (χ0n) is 10.6. The summed E-state index contributed by atoms with van der Waals surface area (Å²) in [6.07, 6.45) is 4.24. The zero-order chi connectivity index (χ0) is 13.1. The Morgan fingerprint density at radius 3 is 2.78 bits per heavy atom. The standard InChI is InChI=1S/C14H19ClN2O/c1-9-6-7-10(8-11(9)15)14(18)17-13-5-3-2-4-12(13)16/h6-8,12-13H,2-5,16H2,1H3,(H,17,18)/t12-,13-/m1/s1. The highest BCUT2D eigenvalue weighted by atomic mass is 35.5. The smallest absolute Gasteiger partial charge is 0.251 e. The maximum Gasteiger partial charge on any atom is 0.251 e. The van der Waals surface area contributed by atoms with E-state index >= 15 is 0 Å². The first-order chi connectivity index (χ1) is 8.58. The minimum Gasteiger partial charge on any atom is -0.348 e. The van der Waals surface area contributed by atoms with Gasteiger partial charge in [-0.25, -0.2) is 0 Å². The van der Waals surface area contributed by atoms with Crippen molar-refractivity contribution in [2.75, 3.05) is 0 Å². The van der Waals surface area contributed by atoms with Crippen molar-refractivity contribution in [1.82, 2.24) is 5.32 Å². The van der Waals surface area contributed by atoms with Gasteiger partial charge in [-0.2, -0.15) is 0 Å². The number of carbonyl (C=O) groups excluding carboxylic acids is 1. The summed E-state index contributed by atoms with van der Waals surface area (Å²) in [5, 5.41) is 3.63. The Balaban J connectivity index is 2.04. The molecule has 3 nitrogen and oxygen atoms in total. The fourth-order valence-corrected chi connectivity index (χ4v) is 2.51. The van der Waals surface area contributed by atoms with Crippen molar-refractivity contribution in [1.29, 1.82) is 0 Å². The molecule has 98 valence electrons. The van der Waals surface area contributed by atoms with Crippen LogP contribution in [0.1, 0.15) is 41.6 Å². The molecule has 0 bridgehead atoms. The third-order valence-electron chi connectivity index (χ3n) is 3.57. The quantitative estimate of drug-likeness (QED) is 0.865. The summed E-state index contributed by atoms with van der Waals surface area (Å²) in [5.41, 5.74) is 7.59. The topological polar surface area (TPSA) is 55.1 Å². The second kappa shape index (κ2) is 5.72. The first kappa shape index (κ1) is 13.4. The highest BCUT2D eigenvalue weighted by molar-refractivity contribution is 6.31. The van der Waals surface area contributed by atoms with E-state index in [1.807, 2.05) is 13.0 Å². The van der Waals surface area contributed by atoms with Crippen LogP contribution < -0.4 is 11.1 Å². The van der Waals surface area contributed by atoms with Gasteiger partial charge < -0.3 is 11.1 Å². The van der Waals surface area contributed by atoms with E-state index in [1.54, 1.807) is 12.1 Å². The normalized spacial score (nSPS) is 23.7. The van der Waals surface area contributed by atoms with E-state index in [4.69, 9.17) is 17.3 Å². The molecule has 1 aliphatic carbocycles. The molecule has 0 radical (unpaired) electrons. The van der Waals surface area contributed by atoms with Gasteiger partial charge in [0.15, 0.2) is 0 Å². The highest BCUT2D eigenvalue weighted by Crippen LogP contribution is 2.19. The molecular weight excluding hydrogens is 248 g/mol. The third-order valence-corrected chi connectivity index (χ3v) is 3.98. The molecule has 0 unspecified atom stereocenters. The van der Waals surface area contributed by atoms with Crippen molar-refractivity contribution < 1.29 is 4.79 Å². The lowest BCUT2D eigenvalue weighted by Gasteiger charge is -2.29. The Hall–Kier alpha value is -1.06. The van der Waals surface area contributed by atoms with Crippen molar-refractivity contribution in [2.24, 2.45) is 5.73 Å². The largest absolute Gasteiger partial charge is 0.348 e. The Bertz CT molecular complexity index is 447. The lowest BCUT2D eigenvalue weighted by Crippen LogP contribution is -2.49. The van der Waals surface area contributed by atoms with Crippen molar-refractivity contribution in [3.8, 4) is 0 Å². The van der Waals surface area contributed by atoms with Crippen LogP contribution in [0, 0.1) is 6.92 Å². The van der Waals surface area contributed by atoms with Gasteiger partial charge in [-0.05, 0) is 37.5 Å². The van der Waals surface area contributed by atoms with Gasteiger partial charge in [-0.3, -0.25) is 4.79 Å². The molecule has 0 aliphatic heterocycles. The van der Waals surface area contributed by atoms with Crippen molar-refractivity contribution in [3.05, 3.63) is 34.3 Å². The maximum absolute atomic E-state index is 12.1. The minimum atomic E-state index is -0.0840. The predicted molar refractivity (Wildman–Crippen MR) is 73.9 cm³/mol. The Kier molecular flexibility index (Phi) is 4.25. The molecule has 0 spiro atoms. The number of hydrogen-bond donors (Lipinski definition) is 2. The van der Waals surface area contributed by atoms with Gasteiger partial charge in [-0.15, -0.1) is 0 Å². The molecule has 0 saturated heterocycles. The predicted octanol–water partition coefficient (Wildman–Crippen LogP) is 2.65. The molecule has 2 rings (SSSR count). The lowest BCUT2D eigenvalue weighted by atomic mass is 9.91. The van der Waals surface area contributed by atoms with E-state index in [0.717, 1.165) is 31.2 Å². The van der Waals surface area contributed by atoms with Crippen LogP contribution in [0.15, 0.2) is 18.2 Å². The first-order valence-corrected chi connectivity index (χ1v) is 6.78. The summed E-state index contributed by atoms with van der Waals surface area (Å²) in [7, 11) is 0. The number of hydrogen-bond acceptors (Lipinski definition) is 2. The second-order valence-corrected chi connectivity index (χ2v) is 5.40. The molecule has 3 N–H and O–H groups in total. The highest BCUT2D eigenvalue weighted by Gasteiger charge is 2.23. The fraction of sp³-hybridized carbons (Fsp3) is 0.500. The van der Waals surface area contributed by atoms with Crippen molar-refractivity contribution >= 4 is 17.5 Å². The summed E-state index contributed by atoms with van der Waals surface area (Å²) < 4.78 is 0. The monoisotopic (exact) mass is 266 g/mol. The number of benzene rings is 1. The number of carbonyl (C=O) groups is 1. The number of halogens is 1. The summed E-state index contributed by atoms with van der Waals surface area (Å²) in [4.78, 5) is 12.1. The third kappa shape index (κ3) is 3.03. The summed E-state index contributed by atoms with van der Waals surface area (Å²) in [6, 6.07) is 5.53. The molecular formula is C14H19ClN2O. The fourth-order valence-electron chi connectivity index (χ4n) is 2.32. The summed E-state index contributed by atoms with van der Waals surface area (Å²) in [5.74, 6) is -0.0840. The van der Waals surface area contributed by atoms with Crippen LogP contribution in [0.25, 0.3) is 0 Å². The molecule has 4 heteroatoms. The van der Waals surface area contributed by atoms with Crippen LogP contribution in [0.4, 0.5) is 0 Å². The van der Waals surface area contributed by atoms with Crippen molar-refractivity contribution in [3.63, 3.8) is 0 Å². The summed E-state index contributed by atoms with van der Waals surface area (Å²) in [6.45, 7) is 1.92. The van der Waals surface area contributed by atoms with Gasteiger partial charge in [0.2, 0.25) is 0 Å². The second-order valence-electron chi connectivity index (χ2n) is 4.99. The summed E-state index contributed by atoms with van der Waals surface area (Å²) >= 11 is 6.02. The van der Waals surface area contributed by atoms with Gasteiger partial charge in [-0.1, -0.05) is 30.5 Å². The van der Waals surface area contributed by atoms with Gasteiger partial charge in [0.05, 0.1) is 0 Å². The van der Waals surface area contributed by atoms with Crippen LogP contribution in [-0.2, 0) is 0 Å². The van der Waals surface area contributed by atoms with E-state index in [1.165, 1.54) is 0 Å². The van der Waals surface area contributed by atoms with Crippen LogP contribution >= 0.6 is 11.6 Å². The van der Waals surface area contributed by atoms with Crippen LogP contribution in [0.5, 0.6) is 0 Å². The molecule has 1 fully saturated rings. The average Bonchev–Trinajstić information content (AvgIpc) is 2.35. The maximum atomic E-state index is 12.1. The molecule has 1 aromatic carbocycles. The SMILES string of the molecule is Cc1ccc(C(=O)N[C@@H]2CCCC[C@H]2N)cc1Cl. The zero-order valence-corrected chi connectivity index (χ0v) is 11.3. The van der Waals surface area contributed by atoms with Gasteiger partial charge in [0.1, 0.15) is 0 Å². The van der Waals surface area contributed by atoms with E-state index in [0.29, 0.717) is 10.6 Å². The molecule has 1 amide bonds. The minimum absolute atomic E-state index is 0.0728. The molecule has 0 aromatic heterocycles. The van der Waals surface area contributed by atoms with Crippen LogP contribution in [0.2, 0.25) is 5.02 Å². The van der Waals surface area contributed by atoms with E-state index in [-0.39, 0.29) is 18.0 Å². The molecule has 2 atom stereocenters. The number of aryl methyl sites for hydroxylation is 1. The van der Waals surface area contributed by atoms with Crippen molar-refractivity contribution in [2.45, 2.75) is 44.7 Å². The number of nitrogens with two attached hydrogens (primary N) is 1. The Morgan fingerprint density at radius 1 is 1.39 bits per heavy atom. The lowest BCUT2D eigenvalue weighted by molar-refractivity contribution is 0.0921. The number of amides is 1. The Morgan fingerprint density at radius 2 is 2.11 bits per heavy atom. The van der Waals surface area contributed by atoms with E-state index in [9.17, 15) is 4.79 Å².